The van der Waals surface area contributed by atoms with E-state index in [4.69, 9.17) is 9.72 Å². The molecule has 1 aliphatic rings. The predicted molar refractivity (Wildman–Crippen MR) is 128 cm³/mol. The lowest BCUT2D eigenvalue weighted by atomic mass is 9.72. The third kappa shape index (κ3) is 4.73. The van der Waals surface area contributed by atoms with Gasteiger partial charge in [-0.2, -0.15) is 0 Å². The SMILES string of the molecule is CN(C)CCOc1ccc(Nc2ncc3c(n2)-c2cc(NC=O)ccc2C(C)(C)C3)cc1. The average Bonchev–Trinajstić information content (AvgIpc) is 2.75. The number of nitrogens with one attached hydrogen (secondary N) is 2. The number of likely N-dealkylation sites (N-methyl/N-ethyl adjacent to an activating group) is 1. The van der Waals surface area contributed by atoms with Gasteiger partial charge in [0.1, 0.15) is 12.4 Å². The quantitative estimate of drug-likeness (QED) is 0.520. The number of carbonyl (C=O) groups is 1. The average molecular weight is 432 g/mol. The van der Waals surface area contributed by atoms with Crippen LogP contribution in [0.4, 0.5) is 17.3 Å². The summed E-state index contributed by atoms with van der Waals surface area (Å²) in [5.41, 5.74) is 5.83. The lowest BCUT2D eigenvalue weighted by Crippen LogP contribution is -2.26. The molecule has 0 bridgehead atoms. The normalized spacial score (nSPS) is 13.8. The molecule has 166 valence electrons. The van der Waals surface area contributed by atoms with Crippen molar-refractivity contribution in [2.75, 3.05) is 37.9 Å². The molecule has 0 aliphatic heterocycles. The molecule has 0 saturated heterocycles. The van der Waals surface area contributed by atoms with Crippen LogP contribution in [0.5, 0.6) is 5.75 Å². The number of hydrogen-bond donors (Lipinski definition) is 2. The number of nitrogens with zero attached hydrogens (tertiary/aromatic N) is 3. The number of carbonyl (C=O) groups excluding carboxylic acids is 1. The molecule has 0 spiro atoms. The number of rotatable bonds is 8. The molecule has 0 atom stereocenters. The maximum absolute atomic E-state index is 10.9. The molecule has 1 amide bonds. The van der Waals surface area contributed by atoms with Crippen molar-refractivity contribution in [2.24, 2.45) is 0 Å². The topological polar surface area (TPSA) is 79.4 Å². The van der Waals surface area contributed by atoms with Crippen LogP contribution in [-0.2, 0) is 16.6 Å². The van der Waals surface area contributed by atoms with Gasteiger partial charge in [-0.15, -0.1) is 0 Å². The fourth-order valence-electron chi connectivity index (χ4n) is 4.00. The number of fused-ring (bicyclic) bond motifs is 3. The smallest absolute Gasteiger partial charge is 0.227 e. The Kier molecular flexibility index (Phi) is 6.10. The van der Waals surface area contributed by atoms with Gasteiger partial charge in [0.05, 0.1) is 5.69 Å². The highest BCUT2D eigenvalue weighted by atomic mass is 16.5. The molecule has 0 saturated carbocycles. The van der Waals surface area contributed by atoms with Crippen LogP contribution in [0.15, 0.2) is 48.7 Å². The number of aromatic nitrogens is 2. The lowest BCUT2D eigenvalue weighted by Gasteiger charge is -2.33. The summed E-state index contributed by atoms with van der Waals surface area (Å²) >= 11 is 0. The highest BCUT2D eigenvalue weighted by molar-refractivity contribution is 5.80. The molecule has 3 aromatic rings. The van der Waals surface area contributed by atoms with Gasteiger partial charge in [-0.25, -0.2) is 9.97 Å². The van der Waals surface area contributed by atoms with E-state index in [1.807, 2.05) is 56.7 Å². The fourth-order valence-corrected chi connectivity index (χ4v) is 4.00. The molecular weight excluding hydrogens is 402 g/mol. The van der Waals surface area contributed by atoms with Gasteiger partial charge in [0.15, 0.2) is 0 Å². The predicted octanol–water partition coefficient (Wildman–Crippen LogP) is 4.23. The molecule has 0 radical (unpaired) electrons. The summed E-state index contributed by atoms with van der Waals surface area (Å²) in [5.74, 6) is 1.36. The van der Waals surface area contributed by atoms with E-state index in [-0.39, 0.29) is 5.41 Å². The van der Waals surface area contributed by atoms with Gasteiger partial charge in [0, 0.05) is 29.7 Å². The van der Waals surface area contributed by atoms with Gasteiger partial charge >= 0.3 is 0 Å². The third-order valence-electron chi connectivity index (χ3n) is 5.64. The molecule has 2 aromatic carbocycles. The van der Waals surface area contributed by atoms with E-state index >= 15 is 0 Å². The van der Waals surface area contributed by atoms with Crippen LogP contribution >= 0.6 is 0 Å². The molecule has 1 aromatic heterocycles. The number of ether oxygens (including phenoxy) is 1. The zero-order valence-electron chi connectivity index (χ0n) is 19.0. The lowest BCUT2D eigenvalue weighted by molar-refractivity contribution is -0.105. The number of amides is 1. The van der Waals surface area contributed by atoms with E-state index in [9.17, 15) is 4.79 Å². The maximum atomic E-state index is 10.9. The van der Waals surface area contributed by atoms with Crippen molar-refractivity contribution in [1.82, 2.24) is 14.9 Å². The molecule has 7 nitrogen and oxygen atoms in total. The van der Waals surface area contributed by atoms with Gasteiger partial charge < -0.3 is 20.3 Å². The van der Waals surface area contributed by atoms with Crippen LogP contribution in [0.25, 0.3) is 11.3 Å². The molecule has 0 fully saturated rings. The second kappa shape index (κ2) is 8.96. The van der Waals surface area contributed by atoms with Crippen molar-refractivity contribution in [3.63, 3.8) is 0 Å². The van der Waals surface area contributed by atoms with Gasteiger partial charge in [-0.1, -0.05) is 19.9 Å². The number of benzene rings is 2. The van der Waals surface area contributed by atoms with Gasteiger partial charge in [-0.05, 0) is 73.5 Å². The summed E-state index contributed by atoms with van der Waals surface area (Å²) in [6.07, 6.45) is 3.44. The van der Waals surface area contributed by atoms with E-state index in [0.29, 0.717) is 19.0 Å². The summed E-state index contributed by atoms with van der Waals surface area (Å²) in [6.45, 7) is 5.95. The van der Waals surface area contributed by atoms with Crippen LogP contribution in [0.2, 0.25) is 0 Å². The number of anilines is 3. The minimum Gasteiger partial charge on any atom is -0.492 e. The first kappa shape index (κ1) is 21.8. The van der Waals surface area contributed by atoms with E-state index < -0.39 is 0 Å². The minimum atomic E-state index is -0.0389. The van der Waals surface area contributed by atoms with Crippen molar-refractivity contribution in [2.45, 2.75) is 25.7 Å². The van der Waals surface area contributed by atoms with Crippen molar-refractivity contribution >= 4 is 23.7 Å². The van der Waals surface area contributed by atoms with Crippen molar-refractivity contribution < 1.29 is 9.53 Å². The molecule has 4 rings (SSSR count). The summed E-state index contributed by atoms with van der Waals surface area (Å²) in [6, 6.07) is 13.8. The maximum Gasteiger partial charge on any atom is 0.227 e. The van der Waals surface area contributed by atoms with Crippen LogP contribution in [0, 0.1) is 0 Å². The number of hydrogen-bond acceptors (Lipinski definition) is 6. The highest BCUT2D eigenvalue weighted by Crippen LogP contribution is 2.43. The van der Waals surface area contributed by atoms with E-state index in [1.165, 1.54) is 5.56 Å². The Morgan fingerprint density at radius 2 is 1.88 bits per heavy atom. The third-order valence-corrected chi connectivity index (χ3v) is 5.64. The first-order valence-electron chi connectivity index (χ1n) is 10.7. The van der Waals surface area contributed by atoms with Crippen LogP contribution in [0.3, 0.4) is 0 Å². The summed E-state index contributed by atoms with van der Waals surface area (Å²) in [7, 11) is 4.04. The van der Waals surface area contributed by atoms with E-state index in [0.717, 1.165) is 46.9 Å². The Labute approximate surface area is 188 Å². The van der Waals surface area contributed by atoms with Crippen LogP contribution in [0.1, 0.15) is 25.0 Å². The Morgan fingerprint density at radius 1 is 1.12 bits per heavy atom. The zero-order valence-corrected chi connectivity index (χ0v) is 19.0. The largest absolute Gasteiger partial charge is 0.492 e. The minimum absolute atomic E-state index is 0.0389. The van der Waals surface area contributed by atoms with E-state index in [2.05, 4.69) is 40.4 Å². The van der Waals surface area contributed by atoms with Gasteiger partial charge in [0.25, 0.3) is 0 Å². The summed E-state index contributed by atoms with van der Waals surface area (Å²) in [5, 5.41) is 6.03. The zero-order chi connectivity index (χ0) is 22.7. The fraction of sp³-hybridized carbons (Fsp3) is 0.320. The first-order chi connectivity index (χ1) is 15.4. The molecule has 32 heavy (non-hydrogen) atoms. The van der Waals surface area contributed by atoms with Crippen molar-refractivity contribution in [3.05, 3.63) is 59.8 Å². The van der Waals surface area contributed by atoms with E-state index in [1.54, 1.807) is 0 Å². The Morgan fingerprint density at radius 3 is 2.59 bits per heavy atom. The molecule has 1 aliphatic carbocycles. The molecule has 0 unspecified atom stereocenters. The monoisotopic (exact) mass is 431 g/mol. The Balaban J connectivity index is 1.57. The van der Waals surface area contributed by atoms with Crippen molar-refractivity contribution in [3.8, 4) is 17.0 Å². The van der Waals surface area contributed by atoms with Gasteiger partial charge in [0.2, 0.25) is 12.4 Å². The van der Waals surface area contributed by atoms with Crippen LogP contribution in [-0.4, -0.2) is 48.5 Å². The molecule has 2 N–H and O–H groups in total. The second-order valence-electron chi connectivity index (χ2n) is 8.95. The summed E-state index contributed by atoms with van der Waals surface area (Å²) in [4.78, 5) is 22.4. The summed E-state index contributed by atoms with van der Waals surface area (Å²) < 4.78 is 5.75. The highest BCUT2D eigenvalue weighted by Gasteiger charge is 2.32. The Bertz CT molecular complexity index is 1110. The first-order valence-corrected chi connectivity index (χ1v) is 10.7. The Hall–Kier alpha value is -3.45. The van der Waals surface area contributed by atoms with Crippen molar-refractivity contribution in [1.29, 1.82) is 0 Å². The molecule has 7 heteroatoms. The molecular formula is C25H29N5O2. The standard InChI is InChI=1S/C25H29N5O2/c1-25(2)14-17-15-26-24(28-18-5-8-20(9-6-18)32-12-11-30(3)4)29-23(17)21-13-19(27-16-31)7-10-22(21)25/h5-10,13,15-16H,11-12,14H2,1-4H3,(H,27,31)(H,26,28,29). The van der Waals surface area contributed by atoms with Gasteiger partial charge in [-0.3, -0.25) is 4.79 Å². The van der Waals surface area contributed by atoms with Crippen LogP contribution < -0.4 is 15.4 Å². The molecule has 1 heterocycles. The second-order valence-corrected chi connectivity index (χ2v) is 8.95.